The Hall–Kier alpha value is -3.56. The van der Waals surface area contributed by atoms with Crippen LogP contribution in [0.15, 0.2) is 77.7 Å². The van der Waals surface area contributed by atoms with Crippen molar-refractivity contribution < 1.29 is 31.9 Å². The lowest BCUT2D eigenvalue weighted by Crippen LogP contribution is -2.27. The van der Waals surface area contributed by atoms with Gasteiger partial charge in [-0.1, -0.05) is 42.5 Å². The van der Waals surface area contributed by atoms with Gasteiger partial charge in [-0.2, -0.15) is 4.31 Å². The van der Waals surface area contributed by atoms with Crippen molar-refractivity contribution in [1.29, 1.82) is 0 Å². The third kappa shape index (κ3) is 5.63. The fourth-order valence-electron chi connectivity index (χ4n) is 3.08. The molecule has 0 aromatic heterocycles. The van der Waals surface area contributed by atoms with Crippen molar-refractivity contribution >= 4 is 21.8 Å². The molecule has 0 radical (unpaired) electrons. The molecule has 3 rings (SSSR count). The summed E-state index contributed by atoms with van der Waals surface area (Å²) >= 11 is 0. The van der Waals surface area contributed by atoms with Crippen LogP contribution in [0.5, 0.6) is 5.75 Å². The summed E-state index contributed by atoms with van der Waals surface area (Å²) in [7, 11) is -1.30. The quantitative estimate of drug-likeness (QED) is 0.349. The number of carbonyl (C=O) groups excluding carboxylic acids is 2. The number of sulfonamides is 1. The average molecular weight is 472 g/mol. The molecule has 0 aliphatic heterocycles. The van der Waals surface area contributed by atoms with Gasteiger partial charge in [0, 0.05) is 13.6 Å². The zero-order valence-electron chi connectivity index (χ0n) is 18.0. The monoisotopic (exact) mass is 471 g/mol. The van der Waals surface area contributed by atoms with Crippen LogP contribution in [0, 0.1) is 5.82 Å². The summed E-state index contributed by atoms with van der Waals surface area (Å²) in [4.78, 5) is 24.4. The van der Waals surface area contributed by atoms with Gasteiger partial charge >= 0.3 is 5.97 Å². The predicted molar refractivity (Wildman–Crippen MR) is 119 cm³/mol. The molecule has 0 saturated carbocycles. The summed E-state index contributed by atoms with van der Waals surface area (Å²) in [6.07, 6.45) is 0. The molecule has 0 aliphatic carbocycles. The Balaban J connectivity index is 1.80. The molecule has 33 heavy (non-hydrogen) atoms. The molecule has 0 amide bonds. The first-order valence-electron chi connectivity index (χ1n) is 9.87. The maximum atomic E-state index is 13.7. The van der Waals surface area contributed by atoms with Crippen LogP contribution in [0.3, 0.4) is 0 Å². The minimum atomic E-state index is -4.03. The second-order valence-electron chi connectivity index (χ2n) is 7.09. The SMILES string of the molecule is COc1ccc(C(=O)OCC(=O)c2ccccc2F)cc1S(=O)(=O)N(C)Cc1ccccc1. The Morgan fingerprint density at radius 1 is 0.970 bits per heavy atom. The molecule has 0 fully saturated rings. The van der Waals surface area contributed by atoms with E-state index in [9.17, 15) is 22.4 Å². The van der Waals surface area contributed by atoms with Crippen molar-refractivity contribution in [2.45, 2.75) is 11.4 Å². The summed E-state index contributed by atoms with van der Waals surface area (Å²) in [5.41, 5.74) is 0.486. The summed E-state index contributed by atoms with van der Waals surface area (Å²) in [5, 5.41) is 0. The molecule has 7 nitrogen and oxygen atoms in total. The highest BCUT2D eigenvalue weighted by molar-refractivity contribution is 7.89. The van der Waals surface area contributed by atoms with Crippen LogP contribution >= 0.6 is 0 Å². The molecule has 0 aliphatic rings. The third-order valence-electron chi connectivity index (χ3n) is 4.84. The number of halogens is 1. The lowest BCUT2D eigenvalue weighted by atomic mass is 10.1. The smallest absolute Gasteiger partial charge is 0.338 e. The van der Waals surface area contributed by atoms with Gasteiger partial charge in [-0.3, -0.25) is 4.79 Å². The molecule has 9 heteroatoms. The maximum absolute atomic E-state index is 13.7. The van der Waals surface area contributed by atoms with Gasteiger partial charge in [0.25, 0.3) is 0 Å². The Bertz CT molecular complexity index is 1260. The third-order valence-corrected chi connectivity index (χ3v) is 6.67. The number of nitrogens with zero attached hydrogens (tertiary/aromatic N) is 1. The highest BCUT2D eigenvalue weighted by atomic mass is 32.2. The number of rotatable bonds is 9. The Morgan fingerprint density at radius 2 is 1.64 bits per heavy atom. The number of Topliss-reactive ketones (excluding diaryl/α,β-unsaturated/α-hetero) is 1. The Labute approximate surface area is 191 Å². The van der Waals surface area contributed by atoms with Crippen LogP contribution in [0.25, 0.3) is 0 Å². The van der Waals surface area contributed by atoms with Crippen LogP contribution in [0.1, 0.15) is 26.3 Å². The average Bonchev–Trinajstić information content (AvgIpc) is 2.82. The van der Waals surface area contributed by atoms with Crippen LogP contribution in [-0.4, -0.2) is 45.2 Å². The van der Waals surface area contributed by atoms with Crippen LogP contribution < -0.4 is 4.74 Å². The first-order chi connectivity index (χ1) is 15.7. The minimum absolute atomic E-state index is 0.0499. The number of ketones is 1. The zero-order chi connectivity index (χ0) is 24.0. The van der Waals surface area contributed by atoms with Gasteiger partial charge in [0.2, 0.25) is 15.8 Å². The van der Waals surface area contributed by atoms with Crippen molar-refractivity contribution in [3.05, 3.63) is 95.3 Å². The molecular weight excluding hydrogens is 449 g/mol. The number of carbonyl (C=O) groups is 2. The zero-order valence-corrected chi connectivity index (χ0v) is 18.8. The predicted octanol–water partition coefficient (Wildman–Crippen LogP) is 3.69. The van der Waals surface area contributed by atoms with Gasteiger partial charge in [-0.25, -0.2) is 17.6 Å². The van der Waals surface area contributed by atoms with E-state index < -0.39 is 34.2 Å². The van der Waals surface area contributed by atoms with E-state index in [2.05, 4.69) is 0 Å². The van der Waals surface area contributed by atoms with Gasteiger partial charge in [0.05, 0.1) is 18.2 Å². The van der Waals surface area contributed by atoms with Gasteiger partial charge in [0.15, 0.2) is 6.61 Å². The second kappa shape index (κ2) is 10.4. The van der Waals surface area contributed by atoms with E-state index in [1.54, 1.807) is 24.3 Å². The lowest BCUT2D eigenvalue weighted by molar-refractivity contribution is 0.0473. The van der Waals surface area contributed by atoms with Gasteiger partial charge in [-0.15, -0.1) is 0 Å². The summed E-state index contributed by atoms with van der Waals surface area (Å²) in [6.45, 7) is -0.583. The lowest BCUT2D eigenvalue weighted by Gasteiger charge is -2.19. The van der Waals surface area contributed by atoms with Crippen molar-refractivity contribution in [3.8, 4) is 5.75 Å². The largest absolute Gasteiger partial charge is 0.495 e. The summed E-state index contributed by atoms with van der Waals surface area (Å²) < 4.78 is 51.4. The van der Waals surface area contributed by atoms with E-state index in [4.69, 9.17) is 9.47 Å². The molecule has 0 spiro atoms. The van der Waals surface area contributed by atoms with Crippen molar-refractivity contribution in [1.82, 2.24) is 4.31 Å². The fourth-order valence-corrected chi connectivity index (χ4v) is 4.41. The first-order valence-corrected chi connectivity index (χ1v) is 11.3. The molecule has 0 unspecified atom stereocenters. The van der Waals surface area contributed by atoms with E-state index in [0.717, 1.165) is 22.0 Å². The molecular formula is C24H22FNO6S. The number of methoxy groups -OCH3 is 1. The number of esters is 1. The molecule has 0 atom stereocenters. The highest BCUT2D eigenvalue weighted by Crippen LogP contribution is 2.28. The first kappa shape index (κ1) is 24.1. The van der Waals surface area contributed by atoms with Gasteiger partial charge in [-0.05, 0) is 35.9 Å². The van der Waals surface area contributed by atoms with Crippen LogP contribution in [0.4, 0.5) is 4.39 Å². The molecule has 3 aromatic rings. The van der Waals surface area contributed by atoms with Gasteiger partial charge < -0.3 is 9.47 Å². The molecule has 172 valence electrons. The topological polar surface area (TPSA) is 90.0 Å². The van der Waals surface area contributed by atoms with Crippen molar-refractivity contribution in [2.24, 2.45) is 0 Å². The normalized spacial score (nSPS) is 11.3. The second-order valence-corrected chi connectivity index (χ2v) is 9.10. The molecule has 0 heterocycles. The number of hydrogen-bond acceptors (Lipinski definition) is 6. The fraction of sp³-hybridized carbons (Fsp3) is 0.167. The summed E-state index contributed by atoms with van der Waals surface area (Å²) in [5.74, 6) is -2.32. The van der Waals surface area contributed by atoms with Gasteiger partial charge in [0.1, 0.15) is 16.5 Å². The Morgan fingerprint density at radius 3 is 2.30 bits per heavy atom. The van der Waals surface area contributed by atoms with E-state index in [1.807, 2.05) is 6.07 Å². The molecule has 0 saturated heterocycles. The number of hydrogen-bond donors (Lipinski definition) is 0. The van der Waals surface area contributed by atoms with E-state index in [1.165, 1.54) is 44.5 Å². The van der Waals surface area contributed by atoms with Crippen molar-refractivity contribution in [2.75, 3.05) is 20.8 Å². The number of benzene rings is 3. The number of ether oxygens (including phenoxy) is 2. The van der Waals surface area contributed by atoms with E-state index in [0.29, 0.717) is 0 Å². The van der Waals surface area contributed by atoms with E-state index >= 15 is 0 Å². The molecule has 0 bridgehead atoms. The highest BCUT2D eigenvalue weighted by Gasteiger charge is 2.27. The maximum Gasteiger partial charge on any atom is 0.338 e. The van der Waals surface area contributed by atoms with Crippen LogP contribution in [-0.2, 0) is 21.3 Å². The Kier molecular flexibility index (Phi) is 7.57. The molecule has 3 aromatic carbocycles. The van der Waals surface area contributed by atoms with Crippen molar-refractivity contribution in [3.63, 3.8) is 0 Å². The standard InChI is InChI=1S/C24H22FNO6S/c1-26(15-17-8-4-3-5-9-17)33(29,30)23-14-18(12-13-22(23)31-2)24(28)32-16-21(27)19-10-6-7-11-20(19)25/h3-14H,15-16H2,1-2H3. The van der Waals surface area contributed by atoms with Crippen LogP contribution in [0.2, 0.25) is 0 Å². The minimum Gasteiger partial charge on any atom is -0.495 e. The molecule has 0 N–H and O–H groups in total. The van der Waals surface area contributed by atoms with E-state index in [-0.39, 0.29) is 28.3 Å². The summed E-state index contributed by atoms with van der Waals surface area (Å²) in [6, 6.07) is 18.1.